The molecule has 4 rings (SSSR count). The monoisotopic (exact) mass is 314 g/mol. The van der Waals surface area contributed by atoms with Gasteiger partial charge < -0.3 is 10.2 Å². The van der Waals surface area contributed by atoms with E-state index < -0.39 is 0 Å². The highest BCUT2D eigenvalue weighted by atomic mass is 32.1. The van der Waals surface area contributed by atoms with E-state index in [0.717, 1.165) is 42.5 Å². The summed E-state index contributed by atoms with van der Waals surface area (Å²) in [5, 5.41) is 3.03. The van der Waals surface area contributed by atoms with Crippen LogP contribution in [0.4, 0.5) is 4.79 Å². The topological polar surface area (TPSA) is 58.1 Å². The number of allylic oxidation sites excluding steroid dienone is 2. The van der Waals surface area contributed by atoms with E-state index >= 15 is 0 Å². The number of fused-ring (bicyclic) bond motifs is 2. The van der Waals surface area contributed by atoms with Gasteiger partial charge in [0.25, 0.3) is 0 Å². The zero-order chi connectivity index (χ0) is 14.9. The fraction of sp³-hybridized carbons (Fsp3) is 0.438. The molecule has 0 unspecified atom stereocenters. The Hall–Kier alpha value is -1.95. The lowest BCUT2D eigenvalue weighted by atomic mass is 9.86. The van der Waals surface area contributed by atoms with E-state index in [0.29, 0.717) is 18.4 Å². The highest BCUT2D eigenvalue weighted by Crippen LogP contribution is 2.32. The summed E-state index contributed by atoms with van der Waals surface area (Å²) in [5.41, 5.74) is 2.87. The van der Waals surface area contributed by atoms with Crippen LogP contribution in [0.2, 0.25) is 0 Å². The van der Waals surface area contributed by atoms with Crippen LogP contribution in [-0.4, -0.2) is 32.8 Å². The summed E-state index contributed by atoms with van der Waals surface area (Å²) in [6, 6.07) is 5.99. The third-order valence-electron chi connectivity index (χ3n) is 4.67. The number of likely N-dealkylation sites (tertiary alicyclic amines) is 1. The van der Waals surface area contributed by atoms with Crippen molar-refractivity contribution in [1.29, 1.82) is 0 Å². The van der Waals surface area contributed by atoms with Crippen LogP contribution in [0.5, 0.6) is 0 Å². The molecule has 22 heavy (non-hydrogen) atoms. The van der Waals surface area contributed by atoms with Crippen molar-refractivity contribution in [3.63, 3.8) is 0 Å². The molecule has 2 atom stereocenters. The van der Waals surface area contributed by atoms with Gasteiger partial charge in [0.05, 0.1) is 11.7 Å². The van der Waals surface area contributed by atoms with Gasteiger partial charge in [-0.05, 0) is 42.4 Å². The number of benzene rings is 1. The van der Waals surface area contributed by atoms with Crippen molar-refractivity contribution < 1.29 is 4.79 Å². The van der Waals surface area contributed by atoms with Gasteiger partial charge in [0.15, 0.2) is 0 Å². The summed E-state index contributed by atoms with van der Waals surface area (Å²) in [6.45, 7) is 2.31. The lowest BCUT2D eigenvalue weighted by molar-refractivity contribution is 0.206. The summed E-state index contributed by atoms with van der Waals surface area (Å²) < 4.78 is 8.42. The second-order valence-electron chi connectivity index (χ2n) is 6.11. The van der Waals surface area contributed by atoms with Crippen LogP contribution < -0.4 is 5.32 Å². The summed E-state index contributed by atoms with van der Waals surface area (Å²) in [5.74, 6) is 1.29. The van der Waals surface area contributed by atoms with E-state index in [-0.39, 0.29) is 6.03 Å². The summed E-state index contributed by atoms with van der Waals surface area (Å²) in [4.78, 5) is 14.3. The van der Waals surface area contributed by atoms with Gasteiger partial charge in [-0.3, -0.25) is 0 Å². The fourth-order valence-electron chi connectivity index (χ4n) is 3.41. The van der Waals surface area contributed by atoms with E-state index in [9.17, 15) is 4.79 Å². The number of carbonyl (C=O) groups is 1. The van der Waals surface area contributed by atoms with Gasteiger partial charge in [0.2, 0.25) is 0 Å². The average Bonchev–Trinajstić information content (AvgIpc) is 3.18. The fourth-order valence-corrected chi connectivity index (χ4v) is 3.93. The molecule has 2 aromatic rings. The van der Waals surface area contributed by atoms with Gasteiger partial charge >= 0.3 is 6.03 Å². The highest BCUT2D eigenvalue weighted by Gasteiger charge is 2.34. The standard InChI is InChI=1S/C16H18N4OS/c21-16(20-9-12-3-1-2-4-13(12)10-20)17-8-11-5-6-14-15(7-11)19-22-18-14/h1-2,5-7,12-13H,3-4,8-10H2,(H,17,21)/t12-,13+. The largest absolute Gasteiger partial charge is 0.334 e. The van der Waals surface area contributed by atoms with Crippen LogP contribution >= 0.6 is 11.7 Å². The minimum Gasteiger partial charge on any atom is -0.334 e. The van der Waals surface area contributed by atoms with Crippen LogP contribution in [0.1, 0.15) is 18.4 Å². The number of nitrogens with zero attached hydrogens (tertiary/aromatic N) is 3. The number of hydrogen-bond acceptors (Lipinski definition) is 4. The first-order valence-electron chi connectivity index (χ1n) is 7.68. The normalized spacial score (nSPS) is 23.7. The maximum atomic E-state index is 12.3. The molecule has 0 radical (unpaired) electrons. The number of hydrogen-bond donors (Lipinski definition) is 1. The van der Waals surface area contributed by atoms with Crippen LogP contribution in [0, 0.1) is 11.8 Å². The molecule has 114 valence electrons. The molecule has 2 amide bonds. The molecule has 6 heteroatoms. The lowest BCUT2D eigenvalue weighted by Gasteiger charge is -2.17. The smallest absolute Gasteiger partial charge is 0.317 e. The Kier molecular flexibility index (Phi) is 3.54. The van der Waals surface area contributed by atoms with E-state index in [1.807, 2.05) is 23.1 Å². The summed E-state index contributed by atoms with van der Waals surface area (Å²) >= 11 is 1.22. The molecule has 1 aliphatic heterocycles. The Balaban J connectivity index is 1.36. The van der Waals surface area contributed by atoms with Gasteiger partial charge in [0.1, 0.15) is 11.0 Å². The average molecular weight is 314 g/mol. The van der Waals surface area contributed by atoms with Gasteiger partial charge in [-0.25, -0.2) is 4.79 Å². The maximum Gasteiger partial charge on any atom is 0.317 e. The Morgan fingerprint density at radius 2 is 1.91 bits per heavy atom. The molecule has 1 saturated heterocycles. The lowest BCUT2D eigenvalue weighted by Crippen LogP contribution is -2.38. The zero-order valence-corrected chi connectivity index (χ0v) is 13.1. The van der Waals surface area contributed by atoms with Crippen molar-refractivity contribution in [3.8, 4) is 0 Å². The van der Waals surface area contributed by atoms with Crippen molar-refractivity contribution in [1.82, 2.24) is 19.0 Å². The highest BCUT2D eigenvalue weighted by molar-refractivity contribution is 7.00. The molecule has 1 N–H and O–H groups in total. The number of rotatable bonds is 2. The first kappa shape index (κ1) is 13.7. The third-order valence-corrected chi connectivity index (χ3v) is 5.23. The molecule has 1 aromatic heterocycles. The Morgan fingerprint density at radius 1 is 1.18 bits per heavy atom. The predicted octanol–water partition coefficient (Wildman–Crippen LogP) is 2.80. The van der Waals surface area contributed by atoms with Crippen molar-refractivity contribution in [3.05, 3.63) is 35.9 Å². The van der Waals surface area contributed by atoms with Gasteiger partial charge in [-0.2, -0.15) is 8.75 Å². The Morgan fingerprint density at radius 3 is 2.68 bits per heavy atom. The maximum absolute atomic E-state index is 12.3. The number of amides is 2. The van der Waals surface area contributed by atoms with Crippen molar-refractivity contribution in [2.24, 2.45) is 11.8 Å². The molecular weight excluding hydrogens is 296 g/mol. The molecule has 0 saturated carbocycles. The molecule has 0 spiro atoms. The van der Waals surface area contributed by atoms with E-state index in [4.69, 9.17) is 0 Å². The number of carbonyl (C=O) groups excluding carboxylic acids is 1. The Labute approximate surface area is 133 Å². The molecule has 1 fully saturated rings. The zero-order valence-electron chi connectivity index (χ0n) is 12.2. The molecular formula is C16H18N4OS. The number of urea groups is 1. The van der Waals surface area contributed by atoms with Crippen LogP contribution in [0.3, 0.4) is 0 Å². The van der Waals surface area contributed by atoms with Gasteiger partial charge in [0, 0.05) is 19.6 Å². The SMILES string of the molecule is O=C(NCc1ccc2nsnc2c1)N1C[C@H]2CC=CC[C@H]2C1. The second-order valence-corrected chi connectivity index (χ2v) is 6.64. The van der Waals surface area contributed by atoms with Gasteiger partial charge in [-0.15, -0.1) is 0 Å². The summed E-state index contributed by atoms with van der Waals surface area (Å²) in [6.07, 6.45) is 6.73. The number of nitrogens with one attached hydrogen (secondary N) is 1. The molecule has 2 heterocycles. The molecule has 0 bridgehead atoms. The van der Waals surface area contributed by atoms with Crippen molar-refractivity contribution in [2.75, 3.05) is 13.1 Å². The van der Waals surface area contributed by atoms with Gasteiger partial charge in [-0.1, -0.05) is 18.2 Å². The van der Waals surface area contributed by atoms with Crippen LogP contribution in [0.25, 0.3) is 11.0 Å². The predicted molar refractivity (Wildman–Crippen MR) is 86.6 cm³/mol. The third kappa shape index (κ3) is 2.59. The molecule has 5 nitrogen and oxygen atoms in total. The second kappa shape index (κ2) is 5.68. The first-order valence-corrected chi connectivity index (χ1v) is 8.41. The van der Waals surface area contributed by atoms with Crippen LogP contribution in [0.15, 0.2) is 30.4 Å². The molecule has 1 aromatic carbocycles. The van der Waals surface area contributed by atoms with E-state index in [1.54, 1.807) is 0 Å². The number of aromatic nitrogens is 2. The van der Waals surface area contributed by atoms with Crippen LogP contribution in [-0.2, 0) is 6.54 Å². The van der Waals surface area contributed by atoms with E-state index in [1.165, 1.54) is 11.7 Å². The minimum atomic E-state index is 0.0471. The Bertz CT molecular complexity index is 710. The van der Waals surface area contributed by atoms with Crippen molar-refractivity contribution >= 4 is 28.8 Å². The quantitative estimate of drug-likeness (QED) is 0.867. The van der Waals surface area contributed by atoms with E-state index in [2.05, 4.69) is 26.2 Å². The first-order chi connectivity index (χ1) is 10.8. The molecule has 1 aliphatic carbocycles. The minimum absolute atomic E-state index is 0.0471. The summed E-state index contributed by atoms with van der Waals surface area (Å²) in [7, 11) is 0. The molecule has 2 aliphatic rings. The van der Waals surface area contributed by atoms with Crippen molar-refractivity contribution in [2.45, 2.75) is 19.4 Å².